The number of nitrogens with zero attached hydrogens (tertiary/aromatic N) is 6. The van der Waals surface area contributed by atoms with Gasteiger partial charge < -0.3 is 24.4 Å². The third-order valence-electron chi connectivity index (χ3n) is 12.2. The van der Waals surface area contributed by atoms with Crippen molar-refractivity contribution in [3.05, 3.63) is 76.7 Å². The number of nitrogens with one attached hydrogen (secondary N) is 1. The molecule has 0 spiro atoms. The first-order valence-corrected chi connectivity index (χ1v) is 19.9. The highest BCUT2D eigenvalue weighted by molar-refractivity contribution is 6.03. The molecule has 1 amide bonds. The van der Waals surface area contributed by atoms with Crippen molar-refractivity contribution in [2.45, 2.75) is 83.0 Å². The number of carbonyl (C=O) groups is 2. The highest BCUT2D eigenvalue weighted by Crippen LogP contribution is 2.43. The first-order chi connectivity index (χ1) is 27.9. The van der Waals surface area contributed by atoms with Gasteiger partial charge in [-0.2, -0.15) is 9.97 Å². The maximum atomic E-state index is 17.6. The normalized spacial score (nSPS) is 23.5. The zero-order valence-electron chi connectivity index (χ0n) is 32.7. The monoisotopic (exact) mass is 795 g/mol. The second kappa shape index (κ2) is 14.7. The molecule has 0 unspecified atom stereocenters. The SMILES string of the molecule is Cc1ccnc(C)c1C(=O)Oc1cc2c3c(c(F)ccc3c1)CCCOC(=O)N[C@]1(C)CCCN(C1)c1nc(OC[C@@]34CCCN3C[C@H](F)C4)nc3c(F)c-2ncc13. The van der Waals surface area contributed by atoms with Gasteiger partial charge in [-0.15, -0.1) is 0 Å². The number of halogens is 3. The van der Waals surface area contributed by atoms with Crippen molar-refractivity contribution in [2.24, 2.45) is 0 Å². The van der Waals surface area contributed by atoms with E-state index in [1.807, 2.05) is 11.8 Å². The number of carbonyl (C=O) groups excluding carboxylic acids is 2. The molecule has 15 heteroatoms. The van der Waals surface area contributed by atoms with Crippen LogP contribution < -0.4 is 19.7 Å². The zero-order valence-corrected chi connectivity index (χ0v) is 32.7. The molecule has 12 nitrogen and oxygen atoms in total. The number of benzene rings is 2. The number of aromatic nitrogens is 4. The van der Waals surface area contributed by atoms with E-state index < -0.39 is 40.9 Å². The van der Waals surface area contributed by atoms with Crippen molar-refractivity contribution < 1.29 is 37.0 Å². The van der Waals surface area contributed by atoms with Crippen LogP contribution in [-0.4, -0.2) is 93.5 Å². The van der Waals surface area contributed by atoms with Crippen LogP contribution in [0.3, 0.4) is 0 Å². The number of fused-ring (bicyclic) bond motifs is 7. The van der Waals surface area contributed by atoms with Crippen LogP contribution in [0, 0.1) is 25.5 Å². The van der Waals surface area contributed by atoms with Gasteiger partial charge in [0.1, 0.15) is 41.4 Å². The van der Waals surface area contributed by atoms with E-state index in [4.69, 9.17) is 19.2 Å². The van der Waals surface area contributed by atoms with E-state index in [1.54, 1.807) is 32.2 Å². The number of amides is 1. The van der Waals surface area contributed by atoms with Crippen molar-refractivity contribution >= 4 is 39.6 Å². The summed E-state index contributed by atoms with van der Waals surface area (Å²) in [6.07, 6.45) is 5.27. The van der Waals surface area contributed by atoms with Gasteiger partial charge in [0.2, 0.25) is 0 Å². The first kappa shape index (κ1) is 38.0. The average molecular weight is 796 g/mol. The van der Waals surface area contributed by atoms with Gasteiger partial charge >= 0.3 is 18.1 Å². The van der Waals surface area contributed by atoms with E-state index in [0.717, 1.165) is 19.4 Å². The van der Waals surface area contributed by atoms with E-state index in [2.05, 4.69) is 25.2 Å². The van der Waals surface area contributed by atoms with Crippen molar-refractivity contribution in [1.29, 1.82) is 0 Å². The van der Waals surface area contributed by atoms with Crippen LogP contribution in [0.2, 0.25) is 0 Å². The Bertz CT molecular complexity index is 2470. The number of hydrogen-bond donors (Lipinski definition) is 1. The number of esters is 1. The second-order valence-corrected chi connectivity index (χ2v) is 16.4. The van der Waals surface area contributed by atoms with Crippen LogP contribution in [0.4, 0.5) is 23.8 Å². The number of alkyl halides is 1. The van der Waals surface area contributed by atoms with Gasteiger partial charge in [0, 0.05) is 44.0 Å². The fourth-order valence-corrected chi connectivity index (χ4v) is 9.52. The van der Waals surface area contributed by atoms with Crippen molar-refractivity contribution in [3.63, 3.8) is 0 Å². The maximum Gasteiger partial charge on any atom is 0.407 e. The standard InChI is InChI=1S/C43H44F3N7O5/c1-24-10-13-47-25(2)33(24)39(54)58-28-17-26-8-9-32(45)29-7-4-16-56-41(55)51-42(3)11-5-14-52(22-42)38-31-20-48-36(30(18-28)34(26)29)35(46)37(31)49-40(50-38)57-23-43-12-6-15-53(43)21-27(44)19-43/h8-10,13,17-18,20,27H,4-7,11-12,14-16,19,21-23H2,1-3H3,(H,51,55)/t27-,42-,43+/m1/s1. The van der Waals surface area contributed by atoms with Gasteiger partial charge in [0.25, 0.3) is 0 Å². The third-order valence-corrected chi connectivity index (χ3v) is 12.2. The Balaban J connectivity index is 1.22. The molecule has 5 aliphatic rings. The fourth-order valence-electron chi connectivity index (χ4n) is 9.52. The minimum absolute atomic E-state index is 0.00464. The summed E-state index contributed by atoms with van der Waals surface area (Å²) in [5.74, 6) is -1.56. The highest BCUT2D eigenvalue weighted by atomic mass is 19.1. The predicted octanol–water partition coefficient (Wildman–Crippen LogP) is 7.34. The fraction of sp³-hybridized carbons (Fsp3) is 0.442. The van der Waals surface area contributed by atoms with Gasteiger partial charge in [-0.3, -0.25) is 14.9 Å². The summed E-state index contributed by atoms with van der Waals surface area (Å²) in [5.41, 5.74) is 0.404. The summed E-state index contributed by atoms with van der Waals surface area (Å²) < 4.78 is 66.1. The van der Waals surface area contributed by atoms with Crippen LogP contribution in [0.25, 0.3) is 32.9 Å². The highest BCUT2D eigenvalue weighted by Gasteiger charge is 2.49. The molecule has 5 aromatic rings. The quantitative estimate of drug-likeness (QED) is 0.142. The molecule has 3 atom stereocenters. The number of rotatable bonds is 5. The molecule has 0 saturated carbocycles. The van der Waals surface area contributed by atoms with E-state index >= 15 is 8.78 Å². The Morgan fingerprint density at radius 3 is 2.76 bits per heavy atom. The lowest BCUT2D eigenvalue weighted by atomic mass is 9.91. The molecule has 2 aromatic carbocycles. The Kier molecular flexibility index (Phi) is 9.60. The van der Waals surface area contributed by atoms with Crippen molar-refractivity contribution in [2.75, 3.05) is 44.3 Å². The lowest BCUT2D eigenvalue weighted by Gasteiger charge is -2.41. The molecule has 302 valence electrons. The van der Waals surface area contributed by atoms with E-state index in [1.165, 1.54) is 24.4 Å². The van der Waals surface area contributed by atoms with Crippen LogP contribution in [0.1, 0.15) is 72.6 Å². The summed E-state index contributed by atoms with van der Waals surface area (Å²) >= 11 is 0. The van der Waals surface area contributed by atoms with Gasteiger partial charge in [-0.1, -0.05) is 6.07 Å². The second-order valence-electron chi connectivity index (χ2n) is 16.4. The molecular formula is C43H44F3N7O5. The molecule has 10 rings (SSSR count). The number of piperidine rings is 1. The van der Waals surface area contributed by atoms with Gasteiger partial charge in [0.15, 0.2) is 5.82 Å². The molecule has 3 aromatic heterocycles. The molecule has 6 bridgehead atoms. The Morgan fingerprint density at radius 1 is 1.07 bits per heavy atom. The lowest BCUT2D eigenvalue weighted by molar-refractivity contribution is 0.0733. The molecule has 58 heavy (non-hydrogen) atoms. The van der Waals surface area contributed by atoms with Crippen LogP contribution in [-0.2, 0) is 11.2 Å². The summed E-state index contributed by atoms with van der Waals surface area (Å²) in [6.45, 7) is 7.50. The minimum atomic E-state index is -0.971. The molecule has 3 saturated heterocycles. The number of anilines is 1. The van der Waals surface area contributed by atoms with Crippen LogP contribution in [0.15, 0.2) is 42.7 Å². The predicted molar refractivity (Wildman–Crippen MR) is 210 cm³/mol. The molecule has 8 heterocycles. The number of alkyl carbamates (subject to hydrolysis) is 1. The maximum absolute atomic E-state index is 17.6. The van der Waals surface area contributed by atoms with E-state index in [-0.39, 0.29) is 60.2 Å². The molecule has 0 radical (unpaired) electrons. The summed E-state index contributed by atoms with van der Waals surface area (Å²) in [4.78, 5) is 49.3. The molecule has 3 fully saturated rings. The average Bonchev–Trinajstić information content (AvgIpc) is 3.71. The summed E-state index contributed by atoms with van der Waals surface area (Å²) in [6, 6.07) is 7.56. The third kappa shape index (κ3) is 6.82. The summed E-state index contributed by atoms with van der Waals surface area (Å²) in [5, 5.41) is 4.15. The number of hydrogen-bond acceptors (Lipinski definition) is 11. The number of pyridine rings is 2. The molecule has 1 N–H and O–H groups in total. The van der Waals surface area contributed by atoms with E-state index in [9.17, 15) is 14.0 Å². The van der Waals surface area contributed by atoms with Gasteiger partial charge in [-0.25, -0.2) is 22.8 Å². The Morgan fingerprint density at radius 2 is 1.91 bits per heavy atom. The number of ether oxygens (including phenoxy) is 3. The van der Waals surface area contributed by atoms with E-state index in [0.29, 0.717) is 77.7 Å². The Labute approximate surface area is 333 Å². The minimum Gasteiger partial charge on any atom is -0.461 e. The van der Waals surface area contributed by atoms with Crippen LogP contribution in [0.5, 0.6) is 11.8 Å². The number of aryl methyl sites for hydroxylation is 3. The van der Waals surface area contributed by atoms with Crippen molar-refractivity contribution in [1.82, 2.24) is 30.2 Å². The van der Waals surface area contributed by atoms with Crippen molar-refractivity contribution in [3.8, 4) is 23.0 Å². The lowest BCUT2D eigenvalue weighted by Crippen LogP contribution is -2.57. The van der Waals surface area contributed by atoms with Gasteiger partial charge in [-0.05, 0) is 112 Å². The molecule has 0 aliphatic carbocycles. The summed E-state index contributed by atoms with van der Waals surface area (Å²) in [7, 11) is 0. The van der Waals surface area contributed by atoms with Gasteiger partial charge in [0.05, 0.1) is 34.3 Å². The topological polar surface area (TPSA) is 132 Å². The largest absolute Gasteiger partial charge is 0.461 e. The Hall–Kier alpha value is -5.57. The first-order valence-electron chi connectivity index (χ1n) is 19.9. The smallest absolute Gasteiger partial charge is 0.407 e. The van der Waals surface area contributed by atoms with Crippen LogP contribution >= 0.6 is 0 Å². The zero-order chi connectivity index (χ0) is 40.3. The molecular weight excluding hydrogens is 752 g/mol. The molecule has 5 aliphatic heterocycles.